The van der Waals surface area contributed by atoms with E-state index in [1.807, 2.05) is 0 Å². The molecule has 7 heteroatoms. The lowest BCUT2D eigenvalue weighted by Gasteiger charge is -2.12. The smallest absolute Gasteiger partial charge is 0.191 e. The van der Waals surface area contributed by atoms with Gasteiger partial charge in [0.05, 0.1) is 0 Å². The maximum absolute atomic E-state index is 4.70. The molecule has 150 valence electrons. The van der Waals surface area contributed by atoms with Gasteiger partial charge in [0.2, 0.25) is 0 Å². The summed E-state index contributed by atoms with van der Waals surface area (Å²) in [5.41, 5.74) is 0. The number of nitrogens with one attached hydrogen (secondary N) is 2. The van der Waals surface area contributed by atoms with Crippen molar-refractivity contribution in [2.45, 2.75) is 77.9 Å². The summed E-state index contributed by atoms with van der Waals surface area (Å²) >= 11 is 1.67. The van der Waals surface area contributed by atoms with E-state index in [1.54, 1.807) is 11.8 Å². The van der Waals surface area contributed by atoms with Gasteiger partial charge in [-0.2, -0.15) is 0 Å². The number of unbranched alkanes of at least 4 members (excludes halogenated alkanes) is 3. The van der Waals surface area contributed by atoms with Crippen LogP contribution in [-0.2, 0) is 13.0 Å². The molecule has 0 amide bonds. The first-order valence-electron chi connectivity index (χ1n) is 10.1. The molecule has 0 aliphatic carbocycles. The number of aromatic nitrogens is 3. The molecule has 0 saturated carbocycles. The van der Waals surface area contributed by atoms with Gasteiger partial charge in [-0.3, -0.25) is 4.99 Å². The number of aliphatic imine (C=N–C) groups is 1. The minimum atomic E-state index is 0.589. The number of nitrogens with zero attached hydrogens (tertiary/aromatic N) is 4. The SMILES string of the molecule is CCCCCCNC(=NCCCc1nnc(SC)n1CC(C)C)NCC. The average Bonchev–Trinajstić information content (AvgIpc) is 2.99. The van der Waals surface area contributed by atoms with Gasteiger partial charge in [0.15, 0.2) is 11.1 Å². The van der Waals surface area contributed by atoms with Crippen molar-refractivity contribution in [1.82, 2.24) is 25.4 Å². The highest BCUT2D eigenvalue weighted by Crippen LogP contribution is 2.16. The van der Waals surface area contributed by atoms with E-state index in [2.05, 4.69) is 59.3 Å². The van der Waals surface area contributed by atoms with Crippen LogP contribution in [0.25, 0.3) is 0 Å². The minimum absolute atomic E-state index is 0.589. The Morgan fingerprint density at radius 2 is 1.92 bits per heavy atom. The van der Waals surface area contributed by atoms with Crippen LogP contribution in [0.3, 0.4) is 0 Å². The molecule has 0 unspecified atom stereocenters. The third-order valence-electron chi connectivity index (χ3n) is 4.02. The molecule has 0 atom stereocenters. The Morgan fingerprint density at radius 3 is 2.58 bits per heavy atom. The Bertz CT molecular complexity index is 512. The zero-order chi connectivity index (χ0) is 19.2. The lowest BCUT2D eigenvalue weighted by Crippen LogP contribution is -2.37. The second kappa shape index (κ2) is 13.9. The van der Waals surface area contributed by atoms with Crippen LogP contribution < -0.4 is 10.6 Å². The zero-order valence-corrected chi connectivity index (χ0v) is 18.2. The van der Waals surface area contributed by atoms with Crippen LogP contribution in [0, 0.1) is 5.92 Å². The van der Waals surface area contributed by atoms with Crippen molar-refractivity contribution in [3.63, 3.8) is 0 Å². The molecule has 2 N–H and O–H groups in total. The first-order chi connectivity index (χ1) is 12.6. The molecule has 1 rings (SSSR count). The predicted octanol–water partition coefficient (Wildman–Crippen LogP) is 3.72. The second-order valence-corrected chi connectivity index (χ2v) is 7.73. The van der Waals surface area contributed by atoms with Gasteiger partial charge < -0.3 is 15.2 Å². The summed E-state index contributed by atoms with van der Waals surface area (Å²) < 4.78 is 2.26. The van der Waals surface area contributed by atoms with Crippen molar-refractivity contribution in [2.75, 3.05) is 25.9 Å². The number of rotatable bonds is 13. The number of hydrogen-bond acceptors (Lipinski definition) is 4. The second-order valence-electron chi connectivity index (χ2n) is 6.96. The van der Waals surface area contributed by atoms with Crippen molar-refractivity contribution >= 4 is 17.7 Å². The summed E-state index contributed by atoms with van der Waals surface area (Å²) in [5, 5.41) is 16.5. The average molecular weight is 383 g/mol. The Labute approximate surface area is 164 Å². The van der Waals surface area contributed by atoms with E-state index in [-0.39, 0.29) is 0 Å². The Morgan fingerprint density at radius 1 is 1.12 bits per heavy atom. The van der Waals surface area contributed by atoms with Crippen molar-refractivity contribution in [3.8, 4) is 0 Å². The van der Waals surface area contributed by atoms with Crippen LogP contribution in [0.1, 0.15) is 65.6 Å². The van der Waals surface area contributed by atoms with Gasteiger partial charge in [-0.05, 0) is 31.9 Å². The van der Waals surface area contributed by atoms with Gasteiger partial charge in [-0.15, -0.1) is 10.2 Å². The lowest BCUT2D eigenvalue weighted by atomic mass is 10.2. The van der Waals surface area contributed by atoms with E-state index in [4.69, 9.17) is 4.99 Å². The minimum Gasteiger partial charge on any atom is -0.357 e. The van der Waals surface area contributed by atoms with Crippen molar-refractivity contribution in [3.05, 3.63) is 5.82 Å². The molecule has 26 heavy (non-hydrogen) atoms. The molecule has 0 fully saturated rings. The quantitative estimate of drug-likeness (QED) is 0.235. The third-order valence-corrected chi connectivity index (χ3v) is 4.69. The van der Waals surface area contributed by atoms with E-state index >= 15 is 0 Å². The summed E-state index contributed by atoms with van der Waals surface area (Å²) in [5.74, 6) is 2.60. The molecule has 0 bridgehead atoms. The molecular weight excluding hydrogens is 344 g/mol. The highest BCUT2D eigenvalue weighted by atomic mass is 32.2. The van der Waals surface area contributed by atoms with E-state index in [9.17, 15) is 0 Å². The molecule has 0 aromatic carbocycles. The fraction of sp³-hybridized carbons (Fsp3) is 0.842. The standard InChI is InChI=1S/C19H38N6S/c1-6-8-9-10-13-21-18(20-7-2)22-14-11-12-17-23-24-19(26-5)25(17)15-16(3)4/h16H,6-15H2,1-5H3,(H2,20,21,22). The van der Waals surface area contributed by atoms with Crippen LogP contribution in [0.2, 0.25) is 0 Å². The fourth-order valence-corrected chi connectivity index (χ4v) is 3.25. The molecule has 1 aromatic heterocycles. The summed E-state index contributed by atoms with van der Waals surface area (Å²) in [6, 6.07) is 0. The van der Waals surface area contributed by atoms with Crippen molar-refractivity contribution in [2.24, 2.45) is 10.9 Å². The summed E-state index contributed by atoms with van der Waals surface area (Å²) in [6.07, 6.45) is 9.03. The number of guanidine groups is 1. The van der Waals surface area contributed by atoms with Crippen LogP contribution >= 0.6 is 11.8 Å². The van der Waals surface area contributed by atoms with Crippen LogP contribution in [0.5, 0.6) is 0 Å². The van der Waals surface area contributed by atoms with Crippen molar-refractivity contribution in [1.29, 1.82) is 0 Å². The van der Waals surface area contributed by atoms with Gasteiger partial charge >= 0.3 is 0 Å². The summed E-state index contributed by atoms with van der Waals surface area (Å²) in [7, 11) is 0. The molecule has 0 aliphatic heterocycles. The lowest BCUT2D eigenvalue weighted by molar-refractivity contribution is 0.477. The molecule has 1 heterocycles. The summed E-state index contributed by atoms with van der Waals surface area (Å²) in [6.45, 7) is 12.5. The molecule has 0 aliphatic rings. The molecule has 6 nitrogen and oxygen atoms in total. The van der Waals surface area contributed by atoms with Crippen LogP contribution in [0.4, 0.5) is 0 Å². The van der Waals surface area contributed by atoms with Gasteiger partial charge in [-0.1, -0.05) is 51.8 Å². The predicted molar refractivity (Wildman–Crippen MR) is 113 cm³/mol. The number of hydrogen-bond donors (Lipinski definition) is 2. The van der Waals surface area contributed by atoms with E-state index in [1.165, 1.54) is 25.7 Å². The van der Waals surface area contributed by atoms with Gasteiger partial charge in [0.1, 0.15) is 5.82 Å². The van der Waals surface area contributed by atoms with Gasteiger partial charge in [-0.25, -0.2) is 0 Å². The fourth-order valence-electron chi connectivity index (χ4n) is 2.73. The normalized spacial score (nSPS) is 12.0. The van der Waals surface area contributed by atoms with Crippen LogP contribution in [-0.4, -0.2) is 46.6 Å². The molecule has 0 saturated heterocycles. The molecule has 0 radical (unpaired) electrons. The highest BCUT2D eigenvalue weighted by Gasteiger charge is 2.12. The molecular formula is C19H38N6S. The first-order valence-corrected chi connectivity index (χ1v) is 11.3. The van der Waals surface area contributed by atoms with Crippen LogP contribution in [0.15, 0.2) is 10.1 Å². The highest BCUT2D eigenvalue weighted by molar-refractivity contribution is 7.98. The number of aryl methyl sites for hydroxylation is 1. The van der Waals surface area contributed by atoms with E-state index in [0.717, 1.165) is 56.0 Å². The Balaban J connectivity index is 2.46. The topological polar surface area (TPSA) is 67.1 Å². The Kier molecular flexibility index (Phi) is 12.2. The maximum atomic E-state index is 4.70. The number of thioether (sulfide) groups is 1. The third kappa shape index (κ3) is 8.92. The molecule has 0 spiro atoms. The Hall–Kier alpha value is -1.24. The zero-order valence-electron chi connectivity index (χ0n) is 17.3. The van der Waals surface area contributed by atoms with Gasteiger partial charge in [0, 0.05) is 32.6 Å². The molecule has 1 aromatic rings. The first kappa shape index (κ1) is 22.8. The monoisotopic (exact) mass is 382 g/mol. The van der Waals surface area contributed by atoms with Gasteiger partial charge in [0.25, 0.3) is 0 Å². The largest absolute Gasteiger partial charge is 0.357 e. The van der Waals surface area contributed by atoms with E-state index < -0.39 is 0 Å². The van der Waals surface area contributed by atoms with Crippen molar-refractivity contribution < 1.29 is 0 Å². The van der Waals surface area contributed by atoms with E-state index in [0.29, 0.717) is 5.92 Å². The maximum Gasteiger partial charge on any atom is 0.191 e. The summed E-state index contributed by atoms with van der Waals surface area (Å²) in [4.78, 5) is 4.70.